The smallest absolute Gasteiger partial charge is 0.174 e. The number of nitrogens with one attached hydrogen (secondary N) is 1. The van der Waals surface area contributed by atoms with E-state index >= 15 is 0 Å². The molecule has 29 heavy (non-hydrogen) atoms. The van der Waals surface area contributed by atoms with Gasteiger partial charge in [-0.05, 0) is 65.4 Å². The molecule has 0 saturated carbocycles. The van der Waals surface area contributed by atoms with E-state index in [4.69, 9.17) is 14.2 Å². The number of hydrogen-bond donors (Lipinski definition) is 1. The van der Waals surface area contributed by atoms with Gasteiger partial charge in [0.1, 0.15) is 6.61 Å². The molecule has 0 atom stereocenters. The normalized spacial score (nSPS) is 14.3. The fourth-order valence-corrected chi connectivity index (χ4v) is 4.05. The van der Waals surface area contributed by atoms with Crippen LogP contribution in [0.5, 0.6) is 11.5 Å². The van der Waals surface area contributed by atoms with Gasteiger partial charge >= 0.3 is 0 Å². The zero-order valence-electron chi connectivity index (χ0n) is 16.9. The Morgan fingerprint density at radius 1 is 1.10 bits per heavy atom. The largest absolute Gasteiger partial charge is 0.493 e. The van der Waals surface area contributed by atoms with Gasteiger partial charge in [0.05, 0.1) is 23.9 Å². The molecule has 0 aliphatic carbocycles. The average molecular weight is 533 g/mol. The molecule has 1 heterocycles. The minimum Gasteiger partial charge on any atom is -0.493 e. The lowest BCUT2D eigenvalue weighted by Gasteiger charge is -2.26. The van der Waals surface area contributed by atoms with Crippen LogP contribution in [0.25, 0.3) is 0 Å². The summed E-state index contributed by atoms with van der Waals surface area (Å²) < 4.78 is 18.1. The van der Waals surface area contributed by atoms with Gasteiger partial charge in [-0.25, -0.2) is 0 Å². The number of halogens is 2. The van der Waals surface area contributed by atoms with Crippen molar-refractivity contribution >= 4 is 35.0 Å². The van der Waals surface area contributed by atoms with Crippen LogP contribution in [0.1, 0.15) is 17.5 Å². The Labute approximate surface area is 193 Å². The second-order valence-corrected chi connectivity index (χ2v) is 8.03. The molecule has 160 valence electrons. The van der Waals surface area contributed by atoms with E-state index in [1.165, 1.54) is 5.56 Å². The Kier molecular flexibility index (Phi) is 11.1. The van der Waals surface area contributed by atoms with E-state index in [0.717, 1.165) is 73.0 Å². The predicted octanol–water partition coefficient (Wildman–Crippen LogP) is 4.11. The van der Waals surface area contributed by atoms with Crippen molar-refractivity contribution in [2.24, 2.45) is 0 Å². The molecule has 1 saturated heterocycles. The number of rotatable bonds is 10. The Morgan fingerprint density at radius 2 is 1.86 bits per heavy atom. The molecule has 1 aliphatic heterocycles. The van der Waals surface area contributed by atoms with Gasteiger partial charge in [0.15, 0.2) is 11.5 Å². The first-order valence-corrected chi connectivity index (χ1v) is 10.9. The van der Waals surface area contributed by atoms with Crippen LogP contribution in [-0.2, 0) is 17.9 Å². The first-order chi connectivity index (χ1) is 13.8. The number of hydrogen-bond acceptors (Lipinski definition) is 5. The summed E-state index contributed by atoms with van der Waals surface area (Å²) >= 11 is 2.32. The van der Waals surface area contributed by atoms with Gasteiger partial charge in [-0.1, -0.05) is 30.3 Å². The molecule has 0 bridgehead atoms. The van der Waals surface area contributed by atoms with E-state index in [9.17, 15) is 0 Å². The summed E-state index contributed by atoms with van der Waals surface area (Å²) in [6, 6.07) is 14.4. The summed E-state index contributed by atoms with van der Waals surface area (Å²) in [5, 5.41) is 3.54. The maximum absolute atomic E-state index is 6.04. The van der Waals surface area contributed by atoms with E-state index in [1.807, 2.05) is 18.2 Å². The highest BCUT2D eigenvalue weighted by atomic mass is 127. The summed E-state index contributed by atoms with van der Waals surface area (Å²) in [6.45, 7) is 7.33. The van der Waals surface area contributed by atoms with Gasteiger partial charge in [0, 0.05) is 19.6 Å². The Bertz CT molecular complexity index is 727. The molecule has 0 amide bonds. The van der Waals surface area contributed by atoms with Gasteiger partial charge in [-0.15, -0.1) is 12.4 Å². The van der Waals surface area contributed by atoms with Crippen molar-refractivity contribution in [3.05, 3.63) is 57.2 Å². The number of methoxy groups -OCH3 is 1. The highest BCUT2D eigenvalue weighted by molar-refractivity contribution is 14.1. The van der Waals surface area contributed by atoms with Crippen LogP contribution in [0.4, 0.5) is 0 Å². The Hall–Kier alpha value is -1.06. The highest BCUT2D eigenvalue weighted by Gasteiger charge is 2.12. The molecule has 1 N–H and O–H groups in total. The topological polar surface area (TPSA) is 43.0 Å². The second kappa shape index (κ2) is 13.3. The summed E-state index contributed by atoms with van der Waals surface area (Å²) in [5.74, 6) is 1.59. The lowest BCUT2D eigenvalue weighted by atomic mass is 10.2. The second-order valence-electron chi connectivity index (χ2n) is 6.87. The van der Waals surface area contributed by atoms with Crippen molar-refractivity contribution in [2.45, 2.75) is 19.6 Å². The number of nitrogens with zero attached hydrogens (tertiary/aromatic N) is 1. The maximum Gasteiger partial charge on any atom is 0.174 e. The maximum atomic E-state index is 6.04. The minimum absolute atomic E-state index is 0. The highest BCUT2D eigenvalue weighted by Crippen LogP contribution is 2.34. The molecule has 7 heteroatoms. The van der Waals surface area contributed by atoms with Crippen LogP contribution in [0.3, 0.4) is 0 Å². The minimum atomic E-state index is 0. The van der Waals surface area contributed by atoms with Crippen molar-refractivity contribution < 1.29 is 14.2 Å². The Balaban J connectivity index is 0.00000300. The third-order valence-corrected chi connectivity index (χ3v) is 5.58. The van der Waals surface area contributed by atoms with Crippen LogP contribution in [0, 0.1) is 3.57 Å². The monoisotopic (exact) mass is 532 g/mol. The van der Waals surface area contributed by atoms with Crippen molar-refractivity contribution in [1.82, 2.24) is 10.2 Å². The van der Waals surface area contributed by atoms with Gasteiger partial charge in [0.2, 0.25) is 0 Å². The summed E-state index contributed by atoms with van der Waals surface area (Å²) in [5.41, 5.74) is 2.35. The summed E-state index contributed by atoms with van der Waals surface area (Å²) in [6.07, 6.45) is 1.15. The zero-order chi connectivity index (χ0) is 19.6. The summed E-state index contributed by atoms with van der Waals surface area (Å²) in [7, 11) is 1.69. The van der Waals surface area contributed by atoms with E-state index in [2.05, 4.69) is 57.1 Å². The van der Waals surface area contributed by atoms with Crippen LogP contribution in [0.2, 0.25) is 0 Å². The molecule has 0 radical (unpaired) electrons. The molecular formula is C22H30ClIN2O3. The molecule has 0 unspecified atom stereocenters. The van der Waals surface area contributed by atoms with Crippen molar-refractivity contribution in [1.29, 1.82) is 0 Å². The molecule has 0 aromatic heterocycles. The van der Waals surface area contributed by atoms with Crippen LogP contribution >= 0.6 is 35.0 Å². The third kappa shape index (κ3) is 7.94. The van der Waals surface area contributed by atoms with E-state index in [0.29, 0.717) is 6.61 Å². The first-order valence-electron chi connectivity index (χ1n) is 9.80. The van der Waals surface area contributed by atoms with Crippen molar-refractivity contribution in [3.8, 4) is 11.5 Å². The first kappa shape index (κ1) is 24.2. The number of ether oxygens (including phenoxy) is 3. The van der Waals surface area contributed by atoms with Crippen molar-refractivity contribution in [3.63, 3.8) is 0 Å². The van der Waals surface area contributed by atoms with Gasteiger partial charge in [0.25, 0.3) is 0 Å². The van der Waals surface area contributed by atoms with Crippen molar-refractivity contribution in [2.75, 3.05) is 46.5 Å². The molecular weight excluding hydrogens is 503 g/mol. The van der Waals surface area contributed by atoms with Crippen LogP contribution in [-0.4, -0.2) is 51.4 Å². The van der Waals surface area contributed by atoms with E-state index < -0.39 is 0 Å². The number of benzene rings is 2. The average Bonchev–Trinajstić information content (AvgIpc) is 2.74. The standard InChI is InChI=1S/C22H29IN2O3.ClH/c1-26-21-15-19(16-24-8-5-9-25-10-12-27-13-11-25)14-20(23)22(21)28-17-18-6-3-2-4-7-18;/h2-4,6-7,14-15,24H,5,8-13,16-17H2,1H3;1H. The third-order valence-electron chi connectivity index (χ3n) is 4.78. The fourth-order valence-electron chi connectivity index (χ4n) is 3.23. The molecule has 1 aliphatic rings. The quantitative estimate of drug-likeness (QED) is 0.369. The van der Waals surface area contributed by atoms with E-state index in [-0.39, 0.29) is 12.4 Å². The molecule has 3 rings (SSSR count). The lowest BCUT2D eigenvalue weighted by Crippen LogP contribution is -2.37. The van der Waals surface area contributed by atoms with Gasteiger partial charge in [-0.3, -0.25) is 4.90 Å². The zero-order valence-corrected chi connectivity index (χ0v) is 19.8. The molecule has 1 fully saturated rings. The molecule has 2 aromatic rings. The summed E-state index contributed by atoms with van der Waals surface area (Å²) in [4.78, 5) is 2.47. The van der Waals surface area contributed by atoms with Crippen LogP contribution in [0.15, 0.2) is 42.5 Å². The Morgan fingerprint density at radius 3 is 2.59 bits per heavy atom. The molecule has 2 aromatic carbocycles. The van der Waals surface area contributed by atoms with Gasteiger partial charge < -0.3 is 19.5 Å². The predicted molar refractivity (Wildman–Crippen MR) is 127 cm³/mol. The number of morpholine rings is 1. The van der Waals surface area contributed by atoms with E-state index in [1.54, 1.807) is 7.11 Å². The molecule has 0 spiro atoms. The SMILES string of the molecule is COc1cc(CNCCCN2CCOCC2)cc(I)c1OCc1ccccc1.Cl. The van der Waals surface area contributed by atoms with Gasteiger partial charge in [-0.2, -0.15) is 0 Å². The lowest BCUT2D eigenvalue weighted by molar-refractivity contribution is 0.0374. The van der Waals surface area contributed by atoms with Crippen LogP contribution < -0.4 is 14.8 Å². The fraction of sp³-hybridized carbons (Fsp3) is 0.455. The molecule has 5 nitrogen and oxygen atoms in total.